The molecule has 0 heterocycles. The molecule has 0 spiro atoms. The van der Waals surface area contributed by atoms with Crippen molar-refractivity contribution in [3.63, 3.8) is 0 Å². The Balaban J connectivity index is 2.62. The third-order valence-corrected chi connectivity index (χ3v) is 4.03. The molecule has 0 aliphatic heterocycles. The molecule has 21 heavy (non-hydrogen) atoms. The van der Waals surface area contributed by atoms with Crippen LogP contribution in [0.2, 0.25) is 15.1 Å². The van der Waals surface area contributed by atoms with E-state index >= 15 is 0 Å². The average Bonchev–Trinajstić information content (AvgIpc) is 2.42. The molecule has 2 aromatic rings. The molecule has 0 radical (unpaired) electrons. The summed E-state index contributed by atoms with van der Waals surface area (Å²) < 4.78 is 26.8. The van der Waals surface area contributed by atoms with Gasteiger partial charge in [-0.1, -0.05) is 47.8 Å². The van der Waals surface area contributed by atoms with Gasteiger partial charge in [0.1, 0.15) is 0 Å². The molecule has 0 saturated carbocycles. The fourth-order valence-corrected chi connectivity index (χ4v) is 2.99. The van der Waals surface area contributed by atoms with Crippen LogP contribution in [-0.2, 0) is 0 Å². The fraction of sp³-hybridized carbons (Fsp3) is 0.200. The predicted octanol–water partition coefficient (Wildman–Crippen LogP) is 5.62. The highest BCUT2D eigenvalue weighted by Crippen LogP contribution is 2.37. The molecule has 0 saturated heterocycles. The van der Waals surface area contributed by atoms with Gasteiger partial charge in [-0.15, -0.1) is 0 Å². The van der Waals surface area contributed by atoms with Gasteiger partial charge in [-0.3, -0.25) is 0 Å². The normalized spacial score (nSPS) is 12.5. The van der Waals surface area contributed by atoms with Gasteiger partial charge in [-0.05, 0) is 36.4 Å². The number of halogens is 5. The second-order valence-corrected chi connectivity index (χ2v) is 5.64. The zero-order valence-electron chi connectivity index (χ0n) is 11.1. The zero-order chi connectivity index (χ0) is 15.6. The van der Waals surface area contributed by atoms with Crippen molar-refractivity contribution in [3.8, 4) is 0 Å². The lowest BCUT2D eigenvalue weighted by Gasteiger charge is -2.22. The smallest absolute Gasteiger partial charge is 0.160 e. The highest BCUT2D eigenvalue weighted by atomic mass is 35.5. The number of rotatable bonds is 4. The quantitative estimate of drug-likeness (QED) is 0.705. The molecule has 0 aromatic heterocycles. The van der Waals surface area contributed by atoms with E-state index in [1.165, 1.54) is 0 Å². The summed E-state index contributed by atoms with van der Waals surface area (Å²) in [5.41, 5.74) is 0.961. The average molecular weight is 351 g/mol. The van der Waals surface area contributed by atoms with Crippen molar-refractivity contribution < 1.29 is 8.78 Å². The first-order valence-corrected chi connectivity index (χ1v) is 7.40. The minimum atomic E-state index is -0.996. The standard InChI is InChI=1S/C15H12Cl3F2N/c1-2-21-15(14-9(16)4-3-5-10(14)17)8-6-12(19)13(20)7-11(8)18/h3-7,15,21H,2H2,1H3. The first-order chi connectivity index (χ1) is 9.95. The first-order valence-electron chi connectivity index (χ1n) is 6.27. The van der Waals surface area contributed by atoms with Crippen LogP contribution in [-0.4, -0.2) is 6.54 Å². The number of hydrogen-bond donors (Lipinski definition) is 1. The van der Waals surface area contributed by atoms with Gasteiger partial charge in [0.15, 0.2) is 11.6 Å². The van der Waals surface area contributed by atoms with Crippen LogP contribution in [0.5, 0.6) is 0 Å². The summed E-state index contributed by atoms with van der Waals surface area (Å²) in [4.78, 5) is 0. The van der Waals surface area contributed by atoms with Gasteiger partial charge in [0.05, 0.1) is 6.04 Å². The number of hydrogen-bond acceptors (Lipinski definition) is 1. The van der Waals surface area contributed by atoms with Gasteiger partial charge in [0, 0.05) is 20.6 Å². The largest absolute Gasteiger partial charge is 0.306 e. The van der Waals surface area contributed by atoms with E-state index in [4.69, 9.17) is 34.8 Å². The molecule has 6 heteroatoms. The lowest BCUT2D eigenvalue weighted by atomic mass is 9.98. The summed E-state index contributed by atoms with van der Waals surface area (Å²) in [6, 6.07) is 6.55. The van der Waals surface area contributed by atoms with E-state index in [-0.39, 0.29) is 5.02 Å². The molecule has 0 fully saturated rings. The second kappa shape index (κ2) is 6.93. The van der Waals surface area contributed by atoms with Crippen molar-refractivity contribution in [1.82, 2.24) is 5.32 Å². The third-order valence-electron chi connectivity index (χ3n) is 3.05. The van der Waals surface area contributed by atoms with Gasteiger partial charge in [0.2, 0.25) is 0 Å². The molecular formula is C15H12Cl3F2N. The van der Waals surface area contributed by atoms with E-state index in [0.29, 0.717) is 27.7 Å². The summed E-state index contributed by atoms with van der Waals surface area (Å²) in [5, 5.41) is 4.10. The summed E-state index contributed by atoms with van der Waals surface area (Å²) in [5.74, 6) is -1.97. The summed E-state index contributed by atoms with van der Waals surface area (Å²) >= 11 is 18.4. The molecule has 0 bridgehead atoms. The molecule has 0 aliphatic rings. The summed E-state index contributed by atoms with van der Waals surface area (Å²) in [7, 11) is 0. The maximum absolute atomic E-state index is 13.5. The van der Waals surface area contributed by atoms with E-state index in [2.05, 4.69) is 5.32 Å². The fourth-order valence-electron chi connectivity index (χ4n) is 2.12. The van der Waals surface area contributed by atoms with Crippen molar-refractivity contribution in [2.24, 2.45) is 0 Å². The van der Waals surface area contributed by atoms with Crippen LogP contribution in [0, 0.1) is 11.6 Å². The predicted molar refractivity (Wildman–Crippen MR) is 83.3 cm³/mol. The highest BCUT2D eigenvalue weighted by Gasteiger charge is 2.23. The Labute approximate surface area is 136 Å². The minimum Gasteiger partial charge on any atom is -0.306 e. The molecular weight excluding hydrogens is 339 g/mol. The lowest BCUT2D eigenvalue weighted by molar-refractivity contribution is 0.504. The summed E-state index contributed by atoms with van der Waals surface area (Å²) in [6.45, 7) is 2.45. The van der Waals surface area contributed by atoms with Crippen molar-refractivity contribution in [2.45, 2.75) is 13.0 Å². The van der Waals surface area contributed by atoms with E-state index in [0.717, 1.165) is 12.1 Å². The Hall–Kier alpha value is -0.870. The van der Waals surface area contributed by atoms with E-state index in [1.807, 2.05) is 6.92 Å². The molecule has 1 unspecified atom stereocenters. The Morgan fingerprint density at radius 3 is 2.14 bits per heavy atom. The maximum Gasteiger partial charge on any atom is 0.160 e. The molecule has 2 aromatic carbocycles. The molecule has 2 rings (SSSR count). The molecule has 0 aliphatic carbocycles. The molecule has 1 atom stereocenters. The Kier molecular flexibility index (Phi) is 5.44. The first kappa shape index (κ1) is 16.5. The maximum atomic E-state index is 13.5. The Morgan fingerprint density at radius 2 is 1.57 bits per heavy atom. The summed E-state index contributed by atoms with van der Waals surface area (Å²) in [6.07, 6.45) is 0. The van der Waals surface area contributed by atoms with Crippen LogP contribution in [0.1, 0.15) is 24.1 Å². The minimum absolute atomic E-state index is 0.107. The van der Waals surface area contributed by atoms with Gasteiger partial charge >= 0.3 is 0 Å². The third kappa shape index (κ3) is 3.49. The van der Waals surface area contributed by atoms with Crippen LogP contribution in [0.3, 0.4) is 0 Å². The van der Waals surface area contributed by atoms with Gasteiger partial charge in [-0.2, -0.15) is 0 Å². The van der Waals surface area contributed by atoms with E-state index < -0.39 is 17.7 Å². The highest BCUT2D eigenvalue weighted by molar-refractivity contribution is 6.36. The van der Waals surface area contributed by atoms with Crippen LogP contribution in [0.25, 0.3) is 0 Å². The monoisotopic (exact) mass is 349 g/mol. The number of benzene rings is 2. The molecule has 112 valence electrons. The van der Waals surface area contributed by atoms with Gasteiger partial charge < -0.3 is 5.32 Å². The molecule has 0 amide bonds. The van der Waals surface area contributed by atoms with Crippen LogP contribution < -0.4 is 5.32 Å². The van der Waals surface area contributed by atoms with Crippen LogP contribution >= 0.6 is 34.8 Å². The van der Waals surface area contributed by atoms with E-state index in [9.17, 15) is 8.78 Å². The van der Waals surface area contributed by atoms with Crippen molar-refractivity contribution in [1.29, 1.82) is 0 Å². The SMILES string of the molecule is CCNC(c1cc(F)c(F)cc1Cl)c1c(Cl)cccc1Cl. The second-order valence-electron chi connectivity index (χ2n) is 4.41. The van der Waals surface area contributed by atoms with Crippen molar-refractivity contribution >= 4 is 34.8 Å². The lowest BCUT2D eigenvalue weighted by Crippen LogP contribution is -2.23. The van der Waals surface area contributed by atoms with Gasteiger partial charge in [0.25, 0.3) is 0 Å². The zero-order valence-corrected chi connectivity index (χ0v) is 13.3. The van der Waals surface area contributed by atoms with Crippen molar-refractivity contribution in [2.75, 3.05) is 6.54 Å². The topological polar surface area (TPSA) is 12.0 Å². The number of nitrogens with one attached hydrogen (secondary N) is 1. The van der Waals surface area contributed by atoms with Crippen LogP contribution in [0.15, 0.2) is 30.3 Å². The van der Waals surface area contributed by atoms with E-state index in [1.54, 1.807) is 18.2 Å². The Morgan fingerprint density at radius 1 is 1.00 bits per heavy atom. The molecule has 1 N–H and O–H groups in total. The molecule has 1 nitrogen and oxygen atoms in total. The van der Waals surface area contributed by atoms with Crippen molar-refractivity contribution in [3.05, 3.63) is 68.2 Å². The van der Waals surface area contributed by atoms with Crippen LogP contribution in [0.4, 0.5) is 8.78 Å². The Bertz CT molecular complexity index is 641. The van der Waals surface area contributed by atoms with Gasteiger partial charge in [-0.25, -0.2) is 8.78 Å².